The first-order valence-electron chi connectivity index (χ1n) is 11.5. The molecule has 1 amide bonds. The molecule has 180 valence electrons. The van der Waals surface area contributed by atoms with E-state index in [-0.39, 0.29) is 11.7 Å². The van der Waals surface area contributed by atoms with Gasteiger partial charge in [-0.3, -0.25) is 9.36 Å². The molecule has 2 aromatic carbocycles. The Morgan fingerprint density at radius 3 is 2.60 bits per heavy atom. The second-order valence-electron chi connectivity index (χ2n) is 8.03. The van der Waals surface area contributed by atoms with Crippen molar-refractivity contribution in [2.45, 2.75) is 25.2 Å². The smallest absolute Gasteiger partial charge is 0.233 e. The third-order valence-electron chi connectivity index (χ3n) is 5.68. The van der Waals surface area contributed by atoms with Gasteiger partial charge in [0, 0.05) is 13.1 Å². The maximum Gasteiger partial charge on any atom is 0.233 e. The zero-order chi connectivity index (χ0) is 24.0. The maximum atomic E-state index is 13.1. The second-order valence-corrected chi connectivity index (χ2v) is 8.97. The molecule has 3 heterocycles. The van der Waals surface area contributed by atoms with Gasteiger partial charge in [0.15, 0.2) is 22.4 Å². The molecule has 0 bridgehead atoms. The van der Waals surface area contributed by atoms with Crippen molar-refractivity contribution in [2.24, 2.45) is 0 Å². The molecule has 5 rings (SSSR count). The number of carbonyl (C=O) groups excluding carboxylic acids is 1. The van der Waals surface area contributed by atoms with Gasteiger partial charge in [0.25, 0.3) is 0 Å². The highest BCUT2D eigenvalue weighted by Crippen LogP contribution is 2.31. The summed E-state index contributed by atoms with van der Waals surface area (Å²) in [5.41, 5.74) is 2.11. The Labute approximate surface area is 207 Å². The SMILES string of the molecule is CCN(Cc1ccc2c(c1)OCCO2)C(=O)CSc1nnc(-c2ccco2)n1Cc1ccccc1. The number of benzene rings is 2. The molecular formula is C26H26N4O4S. The van der Waals surface area contributed by atoms with Crippen LogP contribution in [-0.2, 0) is 17.9 Å². The summed E-state index contributed by atoms with van der Waals surface area (Å²) in [4.78, 5) is 14.9. The molecule has 9 heteroatoms. The zero-order valence-electron chi connectivity index (χ0n) is 19.4. The minimum Gasteiger partial charge on any atom is -0.486 e. The Balaban J connectivity index is 1.29. The number of ether oxygens (including phenoxy) is 2. The van der Waals surface area contributed by atoms with E-state index in [1.807, 2.05) is 64.9 Å². The maximum absolute atomic E-state index is 13.1. The van der Waals surface area contributed by atoms with Gasteiger partial charge in [-0.05, 0) is 42.3 Å². The molecule has 0 saturated heterocycles. The van der Waals surface area contributed by atoms with Crippen LogP contribution in [0, 0.1) is 0 Å². The van der Waals surface area contributed by atoms with E-state index in [4.69, 9.17) is 13.9 Å². The fraction of sp³-hybridized carbons (Fsp3) is 0.269. The first kappa shape index (κ1) is 23.0. The summed E-state index contributed by atoms with van der Waals surface area (Å²) in [7, 11) is 0. The molecule has 0 atom stereocenters. The lowest BCUT2D eigenvalue weighted by molar-refractivity contribution is -0.128. The van der Waals surface area contributed by atoms with E-state index in [9.17, 15) is 4.79 Å². The number of nitrogens with zero attached hydrogens (tertiary/aromatic N) is 4. The number of hydrogen-bond acceptors (Lipinski definition) is 7. The fourth-order valence-corrected chi connectivity index (χ4v) is 4.73. The lowest BCUT2D eigenvalue weighted by Gasteiger charge is -2.23. The molecule has 1 aliphatic heterocycles. The highest BCUT2D eigenvalue weighted by Gasteiger charge is 2.20. The van der Waals surface area contributed by atoms with Crippen LogP contribution >= 0.6 is 11.8 Å². The van der Waals surface area contributed by atoms with Crippen molar-refractivity contribution in [3.63, 3.8) is 0 Å². The molecule has 0 saturated carbocycles. The number of hydrogen-bond donors (Lipinski definition) is 0. The van der Waals surface area contributed by atoms with Crippen LogP contribution in [0.5, 0.6) is 11.5 Å². The number of carbonyl (C=O) groups is 1. The van der Waals surface area contributed by atoms with Crippen LogP contribution in [0.15, 0.2) is 76.5 Å². The summed E-state index contributed by atoms with van der Waals surface area (Å²) in [6.07, 6.45) is 1.62. The van der Waals surface area contributed by atoms with E-state index in [0.29, 0.717) is 49.6 Å². The second kappa shape index (κ2) is 10.7. The van der Waals surface area contributed by atoms with Crippen LogP contribution in [0.3, 0.4) is 0 Å². The molecule has 0 spiro atoms. The average molecular weight is 491 g/mol. The molecule has 0 N–H and O–H groups in total. The van der Waals surface area contributed by atoms with Crippen LogP contribution in [0.1, 0.15) is 18.1 Å². The van der Waals surface area contributed by atoms with Crippen molar-refractivity contribution in [3.05, 3.63) is 78.1 Å². The zero-order valence-corrected chi connectivity index (χ0v) is 20.2. The topological polar surface area (TPSA) is 82.6 Å². The van der Waals surface area contributed by atoms with E-state index >= 15 is 0 Å². The van der Waals surface area contributed by atoms with Crippen molar-refractivity contribution in [1.29, 1.82) is 0 Å². The van der Waals surface area contributed by atoms with Crippen molar-refractivity contribution in [2.75, 3.05) is 25.5 Å². The summed E-state index contributed by atoms with van der Waals surface area (Å²) in [6.45, 7) is 4.75. The third kappa shape index (κ3) is 5.35. The highest BCUT2D eigenvalue weighted by molar-refractivity contribution is 7.99. The fourth-order valence-electron chi connectivity index (χ4n) is 3.89. The van der Waals surface area contributed by atoms with Gasteiger partial charge < -0.3 is 18.8 Å². The monoisotopic (exact) mass is 490 g/mol. The van der Waals surface area contributed by atoms with E-state index in [0.717, 1.165) is 22.6 Å². The van der Waals surface area contributed by atoms with Crippen LogP contribution in [0.4, 0.5) is 0 Å². The molecule has 0 aliphatic carbocycles. The lowest BCUT2D eigenvalue weighted by atomic mass is 10.2. The first-order valence-corrected chi connectivity index (χ1v) is 12.5. The molecule has 0 unspecified atom stereocenters. The van der Waals surface area contributed by atoms with E-state index < -0.39 is 0 Å². The molecule has 8 nitrogen and oxygen atoms in total. The molecule has 4 aromatic rings. The minimum absolute atomic E-state index is 0.0289. The largest absolute Gasteiger partial charge is 0.486 e. The summed E-state index contributed by atoms with van der Waals surface area (Å²) in [6, 6.07) is 19.6. The number of amides is 1. The van der Waals surface area contributed by atoms with Crippen molar-refractivity contribution in [3.8, 4) is 23.1 Å². The highest BCUT2D eigenvalue weighted by atomic mass is 32.2. The van der Waals surface area contributed by atoms with Crippen LogP contribution in [0.2, 0.25) is 0 Å². The number of thioether (sulfide) groups is 1. The number of aromatic nitrogens is 3. The van der Waals surface area contributed by atoms with Gasteiger partial charge in [-0.1, -0.05) is 48.2 Å². The Bertz CT molecular complexity index is 1270. The Morgan fingerprint density at radius 2 is 1.83 bits per heavy atom. The lowest BCUT2D eigenvalue weighted by Crippen LogP contribution is -2.32. The van der Waals surface area contributed by atoms with Gasteiger partial charge in [-0.2, -0.15) is 0 Å². The van der Waals surface area contributed by atoms with Crippen molar-refractivity contribution in [1.82, 2.24) is 19.7 Å². The average Bonchev–Trinajstić information content (AvgIpc) is 3.56. The van der Waals surface area contributed by atoms with Gasteiger partial charge in [0.2, 0.25) is 11.7 Å². The standard InChI is InChI=1S/C26H26N4O4S/c1-2-29(16-20-10-11-21-23(15-20)34-14-13-33-21)24(31)18-35-26-28-27-25(22-9-6-12-32-22)30(26)17-19-7-4-3-5-8-19/h3-12,15H,2,13-14,16-18H2,1H3. The van der Waals surface area contributed by atoms with Gasteiger partial charge >= 0.3 is 0 Å². The van der Waals surface area contributed by atoms with Gasteiger partial charge in [0.05, 0.1) is 18.6 Å². The van der Waals surface area contributed by atoms with Crippen LogP contribution in [-0.4, -0.2) is 51.1 Å². The van der Waals surface area contributed by atoms with Gasteiger partial charge in [0.1, 0.15) is 13.2 Å². The van der Waals surface area contributed by atoms with E-state index in [1.165, 1.54) is 11.8 Å². The van der Waals surface area contributed by atoms with Crippen molar-refractivity contribution < 1.29 is 18.7 Å². The quantitative estimate of drug-likeness (QED) is 0.320. The summed E-state index contributed by atoms with van der Waals surface area (Å²) < 4.78 is 18.8. The minimum atomic E-state index is 0.0289. The Kier molecular flexibility index (Phi) is 7.04. The predicted octanol–water partition coefficient (Wildman–Crippen LogP) is 4.50. The number of fused-ring (bicyclic) bond motifs is 1. The van der Waals surface area contributed by atoms with E-state index in [2.05, 4.69) is 22.3 Å². The molecule has 1 aliphatic rings. The summed E-state index contributed by atoms with van der Waals surface area (Å²) in [5, 5.41) is 9.40. The Hall–Kier alpha value is -3.72. The van der Waals surface area contributed by atoms with Gasteiger partial charge in [-0.25, -0.2) is 0 Å². The molecule has 0 fully saturated rings. The summed E-state index contributed by atoms with van der Waals surface area (Å²) in [5.74, 6) is 3.03. The molecule has 35 heavy (non-hydrogen) atoms. The first-order chi connectivity index (χ1) is 17.2. The Morgan fingerprint density at radius 1 is 1.00 bits per heavy atom. The van der Waals surface area contributed by atoms with Gasteiger partial charge in [-0.15, -0.1) is 10.2 Å². The normalized spacial score (nSPS) is 12.5. The summed E-state index contributed by atoms with van der Waals surface area (Å²) >= 11 is 1.38. The van der Waals surface area contributed by atoms with Crippen LogP contribution in [0.25, 0.3) is 11.6 Å². The third-order valence-corrected chi connectivity index (χ3v) is 6.63. The van der Waals surface area contributed by atoms with E-state index in [1.54, 1.807) is 6.26 Å². The van der Waals surface area contributed by atoms with Crippen molar-refractivity contribution >= 4 is 17.7 Å². The van der Waals surface area contributed by atoms with Crippen LogP contribution < -0.4 is 9.47 Å². The molecule has 2 aromatic heterocycles. The molecule has 0 radical (unpaired) electrons. The number of rotatable bonds is 9. The predicted molar refractivity (Wildman–Crippen MR) is 133 cm³/mol. The number of furan rings is 1. The molecular weight excluding hydrogens is 464 g/mol.